The summed E-state index contributed by atoms with van der Waals surface area (Å²) >= 11 is 0. The van der Waals surface area contributed by atoms with Gasteiger partial charge in [0, 0.05) is 12.3 Å². The SMILES string of the molecule is COC(=O)c1ccc(NC(=O)[C@@H]2CCCO2)cc1. The van der Waals surface area contributed by atoms with Crippen LogP contribution in [0.4, 0.5) is 5.69 Å². The second-order valence-electron chi connectivity index (χ2n) is 4.06. The first-order valence-corrected chi connectivity index (χ1v) is 5.81. The van der Waals surface area contributed by atoms with Crippen molar-refractivity contribution < 1.29 is 19.1 Å². The zero-order valence-electron chi connectivity index (χ0n) is 10.1. The van der Waals surface area contributed by atoms with Crippen LogP contribution in [0.15, 0.2) is 24.3 Å². The van der Waals surface area contributed by atoms with E-state index < -0.39 is 5.97 Å². The molecular weight excluding hydrogens is 234 g/mol. The third-order valence-corrected chi connectivity index (χ3v) is 2.80. The van der Waals surface area contributed by atoms with Crippen LogP contribution in [0, 0.1) is 0 Å². The molecule has 96 valence electrons. The molecule has 1 aromatic carbocycles. The molecule has 5 heteroatoms. The van der Waals surface area contributed by atoms with Crippen LogP contribution >= 0.6 is 0 Å². The van der Waals surface area contributed by atoms with E-state index in [1.807, 2.05) is 0 Å². The second kappa shape index (κ2) is 5.64. The van der Waals surface area contributed by atoms with Gasteiger partial charge in [0.15, 0.2) is 0 Å². The largest absolute Gasteiger partial charge is 0.465 e. The van der Waals surface area contributed by atoms with Gasteiger partial charge in [-0.2, -0.15) is 0 Å². The molecule has 1 aliphatic heterocycles. The number of ether oxygens (including phenoxy) is 2. The van der Waals surface area contributed by atoms with Crippen LogP contribution in [0.2, 0.25) is 0 Å². The summed E-state index contributed by atoms with van der Waals surface area (Å²) in [5.41, 5.74) is 1.09. The minimum Gasteiger partial charge on any atom is -0.465 e. The highest BCUT2D eigenvalue weighted by molar-refractivity contribution is 5.95. The molecule has 0 bridgehead atoms. The first kappa shape index (κ1) is 12.6. The van der Waals surface area contributed by atoms with E-state index in [9.17, 15) is 9.59 Å². The summed E-state index contributed by atoms with van der Waals surface area (Å²) in [6.07, 6.45) is 1.32. The van der Waals surface area contributed by atoms with Crippen LogP contribution in [-0.4, -0.2) is 31.7 Å². The molecule has 0 aromatic heterocycles. The van der Waals surface area contributed by atoms with Gasteiger partial charge in [-0.05, 0) is 37.1 Å². The van der Waals surface area contributed by atoms with Crippen LogP contribution in [-0.2, 0) is 14.3 Å². The Hall–Kier alpha value is -1.88. The molecule has 18 heavy (non-hydrogen) atoms. The molecule has 1 atom stereocenters. The molecule has 5 nitrogen and oxygen atoms in total. The normalized spacial score (nSPS) is 18.4. The Morgan fingerprint density at radius 3 is 2.61 bits per heavy atom. The van der Waals surface area contributed by atoms with Crippen molar-refractivity contribution in [2.24, 2.45) is 0 Å². The van der Waals surface area contributed by atoms with Crippen LogP contribution in [0.1, 0.15) is 23.2 Å². The summed E-state index contributed by atoms with van der Waals surface area (Å²) in [6.45, 7) is 0.638. The van der Waals surface area contributed by atoms with E-state index in [0.29, 0.717) is 17.9 Å². The van der Waals surface area contributed by atoms with Gasteiger partial charge in [0.1, 0.15) is 6.10 Å². The Bertz CT molecular complexity index is 435. The minimum absolute atomic E-state index is 0.140. The molecule has 2 rings (SSSR count). The number of anilines is 1. The zero-order chi connectivity index (χ0) is 13.0. The molecule has 0 unspecified atom stereocenters. The number of nitrogens with one attached hydrogen (secondary N) is 1. The van der Waals surface area contributed by atoms with Crippen molar-refractivity contribution in [3.8, 4) is 0 Å². The van der Waals surface area contributed by atoms with Crippen molar-refractivity contribution in [1.29, 1.82) is 0 Å². The Balaban J connectivity index is 1.97. The van der Waals surface area contributed by atoms with Crippen molar-refractivity contribution >= 4 is 17.6 Å². The fourth-order valence-corrected chi connectivity index (χ4v) is 1.81. The van der Waals surface area contributed by atoms with Crippen molar-refractivity contribution in [2.75, 3.05) is 19.0 Å². The number of carbonyl (C=O) groups is 2. The van der Waals surface area contributed by atoms with Gasteiger partial charge in [-0.25, -0.2) is 4.79 Å². The number of methoxy groups -OCH3 is 1. The van der Waals surface area contributed by atoms with Gasteiger partial charge >= 0.3 is 5.97 Å². The molecule has 0 saturated carbocycles. The smallest absolute Gasteiger partial charge is 0.337 e. The van der Waals surface area contributed by atoms with E-state index in [1.165, 1.54) is 7.11 Å². The van der Waals surface area contributed by atoms with Crippen molar-refractivity contribution in [2.45, 2.75) is 18.9 Å². The van der Waals surface area contributed by atoms with E-state index in [0.717, 1.165) is 12.8 Å². The van der Waals surface area contributed by atoms with Crippen LogP contribution in [0.3, 0.4) is 0 Å². The molecule has 1 saturated heterocycles. The van der Waals surface area contributed by atoms with Crippen LogP contribution in [0.25, 0.3) is 0 Å². The average molecular weight is 249 g/mol. The van der Waals surface area contributed by atoms with Gasteiger partial charge in [0.05, 0.1) is 12.7 Å². The lowest BCUT2D eigenvalue weighted by molar-refractivity contribution is -0.124. The van der Waals surface area contributed by atoms with E-state index in [-0.39, 0.29) is 12.0 Å². The number of hydrogen-bond acceptors (Lipinski definition) is 4. The Kier molecular flexibility index (Phi) is 3.94. The number of benzene rings is 1. The molecule has 1 aliphatic rings. The van der Waals surface area contributed by atoms with E-state index in [4.69, 9.17) is 4.74 Å². The molecular formula is C13H15NO4. The lowest BCUT2D eigenvalue weighted by atomic mass is 10.2. The van der Waals surface area contributed by atoms with Gasteiger partial charge in [-0.3, -0.25) is 4.79 Å². The zero-order valence-corrected chi connectivity index (χ0v) is 10.1. The third-order valence-electron chi connectivity index (χ3n) is 2.80. The summed E-state index contributed by atoms with van der Waals surface area (Å²) in [7, 11) is 1.33. The molecule has 1 amide bonds. The quantitative estimate of drug-likeness (QED) is 0.826. The average Bonchev–Trinajstić information content (AvgIpc) is 2.92. The number of rotatable bonds is 3. The summed E-state index contributed by atoms with van der Waals surface area (Å²) in [6, 6.07) is 6.55. The van der Waals surface area contributed by atoms with Crippen LogP contribution < -0.4 is 5.32 Å². The van der Waals surface area contributed by atoms with Gasteiger partial charge in [0.25, 0.3) is 5.91 Å². The number of amides is 1. The van der Waals surface area contributed by atoms with Gasteiger partial charge < -0.3 is 14.8 Å². The van der Waals surface area contributed by atoms with Crippen molar-refractivity contribution in [3.63, 3.8) is 0 Å². The lowest BCUT2D eigenvalue weighted by Gasteiger charge is -2.10. The lowest BCUT2D eigenvalue weighted by Crippen LogP contribution is -2.26. The molecule has 1 N–H and O–H groups in total. The molecule has 0 spiro atoms. The highest BCUT2D eigenvalue weighted by Gasteiger charge is 2.23. The number of carbonyl (C=O) groups excluding carboxylic acids is 2. The maximum absolute atomic E-state index is 11.8. The predicted octanol–water partition coefficient (Wildman–Crippen LogP) is 1.59. The van der Waals surface area contributed by atoms with Crippen LogP contribution in [0.5, 0.6) is 0 Å². The minimum atomic E-state index is -0.396. The summed E-state index contributed by atoms with van der Waals surface area (Å²) in [5.74, 6) is -0.537. The first-order chi connectivity index (χ1) is 8.70. The Morgan fingerprint density at radius 1 is 1.33 bits per heavy atom. The maximum atomic E-state index is 11.8. The fourth-order valence-electron chi connectivity index (χ4n) is 1.81. The Labute approximate surface area is 105 Å². The number of hydrogen-bond donors (Lipinski definition) is 1. The van der Waals surface area contributed by atoms with E-state index in [1.54, 1.807) is 24.3 Å². The highest BCUT2D eigenvalue weighted by atomic mass is 16.5. The molecule has 1 fully saturated rings. The Morgan fingerprint density at radius 2 is 2.06 bits per heavy atom. The fraction of sp³-hybridized carbons (Fsp3) is 0.385. The topological polar surface area (TPSA) is 64.6 Å². The summed E-state index contributed by atoms with van der Waals surface area (Å²) in [5, 5.41) is 2.75. The standard InChI is InChI=1S/C13H15NO4/c1-17-13(16)9-4-6-10(7-5-9)14-12(15)11-3-2-8-18-11/h4-7,11H,2-3,8H2,1H3,(H,14,15)/t11-/m0/s1. The van der Waals surface area contributed by atoms with Crippen molar-refractivity contribution in [1.82, 2.24) is 0 Å². The third kappa shape index (κ3) is 2.87. The monoisotopic (exact) mass is 249 g/mol. The second-order valence-corrected chi connectivity index (χ2v) is 4.06. The van der Waals surface area contributed by atoms with Gasteiger partial charge in [-0.1, -0.05) is 0 Å². The summed E-state index contributed by atoms with van der Waals surface area (Å²) < 4.78 is 9.87. The predicted molar refractivity (Wildman–Crippen MR) is 65.4 cm³/mol. The number of esters is 1. The first-order valence-electron chi connectivity index (χ1n) is 5.81. The van der Waals surface area contributed by atoms with Gasteiger partial charge in [0.2, 0.25) is 0 Å². The molecule has 1 aromatic rings. The van der Waals surface area contributed by atoms with Crippen molar-refractivity contribution in [3.05, 3.63) is 29.8 Å². The molecule has 0 radical (unpaired) electrons. The molecule has 0 aliphatic carbocycles. The molecule has 1 heterocycles. The maximum Gasteiger partial charge on any atom is 0.337 e. The highest BCUT2D eigenvalue weighted by Crippen LogP contribution is 2.16. The van der Waals surface area contributed by atoms with E-state index in [2.05, 4.69) is 10.1 Å². The van der Waals surface area contributed by atoms with E-state index >= 15 is 0 Å². The summed E-state index contributed by atoms with van der Waals surface area (Å²) in [4.78, 5) is 23.0. The van der Waals surface area contributed by atoms with Gasteiger partial charge in [-0.15, -0.1) is 0 Å².